The lowest BCUT2D eigenvalue weighted by Crippen LogP contribution is -2.51. The summed E-state index contributed by atoms with van der Waals surface area (Å²) in [5, 5.41) is 11.9. The minimum absolute atomic E-state index is 0.0900. The maximum Gasteiger partial charge on any atom is 0.290 e. The molecule has 0 saturated carbocycles. The van der Waals surface area contributed by atoms with E-state index >= 15 is 0 Å². The first-order valence-electron chi connectivity index (χ1n) is 6.45. The summed E-state index contributed by atoms with van der Waals surface area (Å²) in [4.78, 5) is 1.29. The van der Waals surface area contributed by atoms with Crippen molar-refractivity contribution in [2.24, 2.45) is 0 Å². The zero-order valence-electron chi connectivity index (χ0n) is 11.1. The number of aliphatic hydroxyl groups excluding tert-OH is 1. The lowest BCUT2D eigenvalue weighted by Gasteiger charge is -2.39. The third-order valence-corrected chi connectivity index (χ3v) is 4.09. The molecule has 21 heavy (non-hydrogen) atoms. The van der Waals surface area contributed by atoms with Gasteiger partial charge in [0.2, 0.25) is 0 Å². The molecule has 1 atom stereocenters. The van der Waals surface area contributed by atoms with Crippen molar-refractivity contribution in [1.29, 1.82) is 0 Å². The maximum absolute atomic E-state index is 14.2. The summed E-state index contributed by atoms with van der Waals surface area (Å²) >= 11 is 2.88. The topological polar surface area (TPSA) is 35.5 Å². The average molecular weight is 371 g/mol. The Bertz CT molecular complexity index is 509. The van der Waals surface area contributed by atoms with Crippen LogP contribution in [0.5, 0.6) is 0 Å². The smallest absolute Gasteiger partial charge is 0.290 e. The highest BCUT2D eigenvalue weighted by Crippen LogP contribution is 2.40. The van der Waals surface area contributed by atoms with Crippen LogP contribution in [0.4, 0.5) is 17.6 Å². The number of halogens is 5. The van der Waals surface area contributed by atoms with Gasteiger partial charge in [0.05, 0.1) is 4.47 Å². The number of aliphatic hydroxyl groups is 1. The van der Waals surface area contributed by atoms with E-state index in [4.69, 9.17) is 5.11 Å². The van der Waals surface area contributed by atoms with Crippen molar-refractivity contribution in [3.63, 3.8) is 0 Å². The van der Waals surface area contributed by atoms with E-state index in [9.17, 15) is 17.6 Å². The van der Waals surface area contributed by atoms with E-state index in [0.29, 0.717) is 13.1 Å². The van der Waals surface area contributed by atoms with E-state index in [1.807, 2.05) is 0 Å². The van der Waals surface area contributed by atoms with Crippen molar-refractivity contribution in [1.82, 2.24) is 10.2 Å². The number of hydrogen-bond acceptors (Lipinski definition) is 3. The van der Waals surface area contributed by atoms with Crippen LogP contribution in [-0.4, -0.2) is 48.7 Å². The van der Waals surface area contributed by atoms with Crippen LogP contribution in [0.15, 0.2) is 16.6 Å². The Morgan fingerprint density at radius 3 is 2.48 bits per heavy atom. The van der Waals surface area contributed by atoms with Crippen LogP contribution in [-0.2, 0) is 0 Å². The summed E-state index contributed by atoms with van der Waals surface area (Å²) in [5.74, 6) is -5.76. The predicted molar refractivity (Wildman–Crippen MR) is 73.3 cm³/mol. The first-order chi connectivity index (χ1) is 9.88. The van der Waals surface area contributed by atoms with Gasteiger partial charge in [-0.15, -0.1) is 0 Å². The summed E-state index contributed by atoms with van der Waals surface area (Å²) in [6.45, 7) is -0.172. The van der Waals surface area contributed by atoms with Crippen LogP contribution in [0.3, 0.4) is 0 Å². The molecule has 0 radical (unpaired) electrons. The molecule has 2 rings (SSSR count). The fourth-order valence-corrected chi connectivity index (χ4v) is 2.83. The SMILES string of the molecule is OCC(F)(F)[C@H](c1c(F)ccc(Br)c1F)N1CCNCC1. The zero-order chi connectivity index (χ0) is 15.6. The van der Waals surface area contributed by atoms with E-state index in [0.717, 1.165) is 12.1 Å². The lowest BCUT2D eigenvalue weighted by molar-refractivity contribution is -0.120. The number of rotatable bonds is 4. The molecule has 1 aliphatic heterocycles. The number of hydrogen-bond donors (Lipinski definition) is 2. The quantitative estimate of drug-likeness (QED) is 0.630. The van der Waals surface area contributed by atoms with Gasteiger partial charge < -0.3 is 10.4 Å². The molecule has 0 spiro atoms. The monoisotopic (exact) mass is 370 g/mol. The molecule has 1 heterocycles. The Hall–Kier alpha value is -0.700. The van der Waals surface area contributed by atoms with Crippen molar-refractivity contribution >= 4 is 15.9 Å². The minimum atomic E-state index is -3.65. The van der Waals surface area contributed by atoms with Gasteiger partial charge in [-0.1, -0.05) is 0 Å². The fourth-order valence-electron chi connectivity index (χ4n) is 2.48. The van der Waals surface area contributed by atoms with Crippen LogP contribution in [0.1, 0.15) is 11.6 Å². The molecule has 0 bridgehead atoms. The van der Waals surface area contributed by atoms with Gasteiger partial charge >= 0.3 is 0 Å². The molecular formula is C13H15BrF4N2O. The summed E-state index contributed by atoms with van der Waals surface area (Å²) in [7, 11) is 0. The normalized spacial score (nSPS) is 18.8. The minimum Gasteiger partial charge on any atom is -0.390 e. The Morgan fingerprint density at radius 2 is 1.90 bits per heavy atom. The molecule has 0 aliphatic carbocycles. The van der Waals surface area contributed by atoms with Gasteiger partial charge in [-0.25, -0.2) is 17.6 Å². The highest BCUT2D eigenvalue weighted by Gasteiger charge is 2.46. The number of nitrogens with one attached hydrogen (secondary N) is 1. The van der Waals surface area contributed by atoms with Crippen LogP contribution >= 0.6 is 15.9 Å². The predicted octanol–water partition coefficient (Wildman–Crippen LogP) is 2.30. The summed E-state index contributed by atoms with van der Waals surface area (Å²) in [6, 6.07) is 0.215. The van der Waals surface area contributed by atoms with E-state index in [1.165, 1.54) is 4.90 Å². The second-order valence-electron chi connectivity index (χ2n) is 4.86. The number of nitrogens with zero attached hydrogens (tertiary/aromatic N) is 1. The standard InChI is InChI=1S/C13H15BrF4N2O/c14-8-1-2-9(15)10(11(8)16)12(13(17,18)7-21)20-5-3-19-4-6-20/h1-2,12,19,21H,3-7H2/t12-/m0/s1. The number of piperazine rings is 1. The van der Waals surface area contributed by atoms with E-state index in [1.54, 1.807) is 0 Å². The molecule has 1 saturated heterocycles. The summed E-state index contributed by atoms with van der Waals surface area (Å²) in [5.41, 5.74) is -0.717. The van der Waals surface area contributed by atoms with E-state index in [2.05, 4.69) is 21.2 Å². The molecule has 1 aliphatic rings. The Balaban J connectivity index is 2.52. The highest BCUT2D eigenvalue weighted by molar-refractivity contribution is 9.10. The van der Waals surface area contributed by atoms with Crippen LogP contribution in [0.25, 0.3) is 0 Å². The lowest BCUT2D eigenvalue weighted by atomic mass is 9.97. The van der Waals surface area contributed by atoms with Gasteiger partial charge in [0.25, 0.3) is 5.92 Å². The first-order valence-corrected chi connectivity index (χ1v) is 7.24. The molecular weight excluding hydrogens is 356 g/mol. The second-order valence-corrected chi connectivity index (χ2v) is 5.72. The molecule has 1 aromatic carbocycles. The van der Waals surface area contributed by atoms with Gasteiger partial charge in [-0.05, 0) is 28.1 Å². The van der Waals surface area contributed by atoms with Crippen molar-refractivity contribution in [3.05, 3.63) is 33.8 Å². The van der Waals surface area contributed by atoms with Crippen LogP contribution < -0.4 is 5.32 Å². The van der Waals surface area contributed by atoms with E-state index < -0.39 is 35.8 Å². The Kier molecular flexibility index (Phi) is 5.24. The van der Waals surface area contributed by atoms with Crippen molar-refractivity contribution in [3.8, 4) is 0 Å². The largest absolute Gasteiger partial charge is 0.390 e. The zero-order valence-corrected chi connectivity index (χ0v) is 12.6. The maximum atomic E-state index is 14.2. The van der Waals surface area contributed by atoms with Crippen molar-refractivity contribution < 1.29 is 22.7 Å². The molecule has 0 unspecified atom stereocenters. The molecule has 3 nitrogen and oxygen atoms in total. The molecule has 0 amide bonds. The third kappa shape index (κ3) is 3.39. The van der Waals surface area contributed by atoms with Gasteiger partial charge in [0.15, 0.2) is 0 Å². The van der Waals surface area contributed by atoms with Gasteiger partial charge in [-0.3, -0.25) is 4.90 Å². The molecule has 1 fully saturated rings. The highest BCUT2D eigenvalue weighted by atomic mass is 79.9. The molecule has 118 valence electrons. The van der Waals surface area contributed by atoms with Gasteiger partial charge in [-0.2, -0.15) is 0 Å². The van der Waals surface area contributed by atoms with Crippen LogP contribution in [0, 0.1) is 11.6 Å². The van der Waals surface area contributed by atoms with Crippen molar-refractivity contribution in [2.75, 3.05) is 32.8 Å². The molecule has 8 heteroatoms. The molecule has 1 aromatic rings. The fraction of sp³-hybridized carbons (Fsp3) is 0.538. The summed E-state index contributed by atoms with van der Waals surface area (Å²) in [6.07, 6.45) is 0. The Labute approximate surface area is 128 Å². The number of alkyl halides is 2. The van der Waals surface area contributed by atoms with Crippen LogP contribution in [0.2, 0.25) is 0 Å². The molecule has 2 N–H and O–H groups in total. The number of benzene rings is 1. The average Bonchev–Trinajstić information content (AvgIpc) is 2.48. The van der Waals surface area contributed by atoms with E-state index in [-0.39, 0.29) is 17.6 Å². The third-order valence-electron chi connectivity index (χ3n) is 3.48. The molecule has 0 aromatic heterocycles. The van der Waals surface area contributed by atoms with Gasteiger partial charge in [0.1, 0.15) is 24.3 Å². The first kappa shape index (κ1) is 16.7. The summed E-state index contributed by atoms with van der Waals surface area (Å²) < 4.78 is 56.3. The second kappa shape index (κ2) is 6.60. The van der Waals surface area contributed by atoms with Crippen molar-refractivity contribution in [2.45, 2.75) is 12.0 Å². The Morgan fingerprint density at radius 1 is 1.29 bits per heavy atom. The van der Waals surface area contributed by atoms with Gasteiger partial charge in [0, 0.05) is 31.7 Å².